The van der Waals surface area contributed by atoms with E-state index in [0.29, 0.717) is 0 Å². The molecule has 3 heteroatoms. The van der Waals surface area contributed by atoms with Gasteiger partial charge < -0.3 is 0 Å². The fraction of sp³-hybridized carbons (Fsp3) is 0.0400. The molecule has 4 aromatic carbocycles. The fourth-order valence-electron chi connectivity index (χ4n) is 3.38. The summed E-state index contributed by atoms with van der Waals surface area (Å²) in [6.45, 7) is 0. The summed E-state index contributed by atoms with van der Waals surface area (Å²) in [5, 5.41) is 6.48. The predicted molar refractivity (Wildman–Crippen MR) is 114 cm³/mol. The van der Waals surface area contributed by atoms with Crippen LogP contribution in [0, 0.1) is 0 Å². The Hall–Kier alpha value is -3.72. The number of rotatable bonds is 5. The molecule has 0 saturated carbocycles. The van der Waals surface area contributed by atoms with Crippen molar-refractivity contribution in [3.05, 3.63) is 120 Å². The molecule has 0 unspecified atom stereocenters. The molecule has 0 bridgehead atoms. The van der Waals surface area contributed by atoms with Gasteiger partial charge in [0.05, 0.1) is 12.1 Å². The van der Waals surface area contributed by atoms with Crippen LogP contribution in [0.5, 0.6) is 0 Å². The van der Waals surface area contributed by atoms with Crippen molar-refractivity contribution in [2.75, 3.05) is 0 Å². The Morgan fingerprint density at radius 2 is 1.29 bits per heavy atom. The van der Waals surface area contributed by atoms with E-state index in [0.717, 1.165) is 27.5 Å². The van der Waals surface area contributed by atoms with E-state index in [1.54, 1.807) is 6.21 Å². The molecule has 0 aromatic heterocycles. The molecule has 0 atom stereocenters. The molecule has 1 amide bonds. The third-order valence-electron chi connectivity index (χ3n) is 4.73. The monoisotopic (exact) mass is 364 g/mol. The Labute approximate surface area is 164 Å². The van der Waals surface area contributed by atoms with Gasteiger partial charge in [0.25, 0.3) is 5.91 Å². The molecular formula is C25H20N2O. The minimum atomic E-state index is -0.410. The van der Waals surface area contributed by atoms with Crippen molar-refractivity contribution in [1.82, 2.24) is 5.43 Å². The molecule has 1 N–H and O–H groups in total. The summed E-state index contributed by atoms with van der Waals surface area (Å²) < 4.78 is 0. The van der Waals surface area contributed by atoms with Crippen LogP contribution < -0.4 is 5.43 Å². The first-order valence-corrected chi connectivity index (χ1v) is 9.23. The maximum Gasteiger partial charge on any atom is 0.252 e. The molecule has 28 heavy (non-hydrogen) atoms. The van der Waals surface area contributed by atoms with E-state index in [9.17, 15) is 4.79 Å². The van der Waals surface area contributed by atoms with E-state index in [-0.39, 0.29) is 5.91 Å². The topological polar surface area (TPSA) is 41.5 Å². The lowest BCUT2D eigenvalue weighted by Gasteiger charge is -2.16. The maximum absolute atomic E-state index is 13.0. The Morgan fingerprint density at radius 3 is 1.96 bits per heavy atom. The van der Waals surface area contributed by atoms with Crippen LogP contribution in [0.2, 0.25) is 0 Å². The Balaban J connectivity index is 1.59. The van der Waals surface area contributed by atoms with Gasteiger partial charge in [-0.2, -0.15) is 5.10 Å². The zero-order chi connectivity index (χ0) is 19.2. The zero-order valence-electron chi connectivity index (χ0n) is 15.3. The van der Waals surface area contributed by atoms with Gasteiger partial charge in [-0.3, -0.25) is 4.79 Å². The maximum atomic E-state index is 13.0. The van der Waals surface area contributed by atoms with Gasteiger partial charge in [-0.25, -0.2) is 5.43 Å². The van der Waals surface area contributed by atoms with Crippen LogP contribution in [-0.4, -0.2) is 12.1 Å². The number of carbonyl (C=O) groups excluding carboxylic acids is 1. The number of hydrogen-bond acceptors (Lipinski definition) is 2. The number of fused-ring (bicyclic) bond motifs is 1. The highest BCUT2D eigenvalue weighted by Crippen LogP contribution is 2.24. The molecule has 0 saturated heterocycles. The first-order chi connectivity index (χ1) is 13.8. The standard InChI is InChI=1S/C25H20N2O/c28-25(24(20-11-3-1-4-12-20)21-13-5-2-6-14-21)27-26-18-22-16-9-15-19-10-7-8-17-23(19)22/h1-18,24H,(H,27,28). The van der Waals surface area contributed by atoms with Gasteiger partial charge >= 0.3 is 0 Å². The van der Waals surface area contributed by atoms with Gasteiger partial charge in [0.15, 0.2) is 0 Å². The molecular weight excluding hydrogens is 344 g/mol. The van der Waals surface area contributed by atoms with Crippen molar-refractivity contribution in [2.24, 2.45) is 5.10 Å². The average Bonchev–Trinajstić information content (AvgIpc) is 2.76. The molecule has 0 aliphatic heterocycles. The Kier molecular flexibility index (Phi) is 5.25. The molecule has 136 valence electrons. The summed E-state index contributed by atoms with van der Waals surface area (Å²) in [6, 6.07) is 33.7. The highest BCUT2D eigenvalue weighted by Gasteiger charge is 2.22. The summed E-state index contributed by atoms with van der Waals surface area (Å²) in [5.41, 5.74) is 5.56. The minimum Gasteiger partial charge on any atom is -0.272 e. The van der Waals surface area contributed by atoms with Crippen molar-refractivity contribution < 1.29 is 4.79 Å². The molecule has 0 aliphatic carbocycles. The van der Waals surface area contributed by atoms with Crippen LogP contribution in [0.4, 0.5) is 0 Å². The number of hydrogen-bond donors (Lipinski definition) is 1. The van der Waals surface area contributed by atoms with Crippen LogP contribution >= 0.6 is 0 Å². The number of hydrazone groups is 1. The largest absolute Gasteiger partial charge is 0.272 e. The highest BCUT2D eigenvalue weighted by molar-refractivity contribution is 6.00. The van der Waals surface area contributed by atoms with Crippen LogP contribution in [0.1, 0.15) is 22.6 Å². The van der Waals surface area contributed by atoms with E-state index >= 15 is 0 Å². The second kappa shape index (κ2) is 8.31. The van der Waals surface area contributed by atoms with Gasteiger partial charge in [0.2, 0.25) is 0 Å². The van der Waals surface area contributed by atoms with Crippen molar-refractivity contribution in [1.29, 1.82) is 0 Å². The highest BCUT2D eigenvalue weighted by atomic mass is 16.2. The zero-order valence-corrected chi connectivity index (χ0v) is 15.3. The smallest absolute Gasteiger partial charge is 0.252 e. The van der Waals surface area contributed by atoms with Crippen LogP contribution in [0.15, 0.2) is 108 Å². The van der Waals surface area contributed by atoms with Gasteiger partial charge in [-0.05, 0) is 21.9 Å². The molecule has 0 spiro atoms. The van der Waals surface area contributed by atoms with E-state index in [1.807, 2.05) is 84.9 Å². The SMILES string of the molecule is O=C(NN=Cc1cccc2ccccc12)C(c1ccccc1)c1ccccc1. The second-order valence-corrected chi connectivity index (χ2v) is 6.56. The van der Waals surface area contributed by atoms with Gasteiger partial charge in [0.1, 0.15) is 0 Å². The van der Waals surface area contributed by atoms with Crippen molar-refractivity contribution >= 4 is 22.9 Å². The predicted octanol–water partition coefficient (Wildman–Crippen LogP) is 5.12. The molecule has 4 aromatic rings. The number of benzene rings is 4. The molecule has 0 fully saturated rings. The van der Waals surface area contributed by atoms with Gasteiger partial charge in [-0.1, -0.05) is 103 Å². The Morgan fingerprint density at radius 1 is 0.714 bits per heavy atom. The third-order valence-corrected chi connectivity index (χ3v) is 4.73. The van der Waals surface area contributed by atoms with Crippen molar-refractivity contribution in [3.63, 3.8) is 0 Å². The van der Waals surface area contributed by atoms with Crippen molar-refractivity contribution in [2.45, 2.75) is 5.92 Å². The molecule has 4 rings (SSSR count). The summed E-state index contributed by atoms with van der Waals surface area (Å²) >= 11 is 0. The van der Waals surface area contributed by atoms with E-state index in [4.69, 9.17) is 0 Å². The second-order valence-electron chi connectivity index (χ2n) is 6.56. The molecule has 0 radical (unpaired) electrons. The Bertz CT molecular complexity index is 1060. The summed E-state index contributed by atoms with van der Waals surface area (Å²) in [6.07, 6.45) is 1.70. The average molecular weight is 364 g/mol. The first-order valence-electron chi connectivity index (χ1n) is 9.23. The lowest BCUT2D eigenvalue weighted by Crippen LogP contribution is -2.26. The van der Waals surface area contributed by atoms with Gasteiger partial charge in [0, 0.05) is 5.56 Å². The fourth-order valence-corrected chi connectivity index (χ4v) is 3.38. The summed E-state index contributed by atoms with van der Waals surface area (Å²) in [4.78, 5) is 13.0. The van der Waals surface area contributed by atoms with Crippen LogP contribution in [-0.2, 0) is 4.79 Å². The third kappa shape index (κ3) is 3.84. The molecule has 0 aliphatic rings. The minimum absolute atomic E-state index is 0.158. The van der Waals surface area contributed by atoms with E-state index in [1.165, 1.54) is 0 Å². The van der Waals surface area contributed by atoms with Crippen LogP contribution in [0.25, 0.3) is 10.8 Å². The number of nitrogens with zero attached hydrogens (tertiary/aromatic N) is 1. The van der Waals surface area contributed by atoms with E-state index < -0.39 is 5.92 Å². The summed E-state index contributed by atoms with van der Waals surface area (Å²) in [5.74, 6) is -0.569. The quantitative estimate of drug-likeness (QED) is 0.387. The lowest BCUT2D eigenvalue weighted by molar-refractivity contribution is -0.121. The normalized spacial score (nSPS) is 11.2. The molecule has 0 heterocycles. The van der Waals surface area contributed by atoms with Crippen molar-refractivity contribution in [3.8, 4) is 0 Å². The van der Waals surface area contributed by atoms with Crippen LogP contribution in [0.3, 0.4) is 0 Å². The van der Waals surface area contributed by atoms with Gasteiger partial charge in [-0.15, -0.1) is 0 Å². The number of carbonyl (C=O) groups is 1. The summed E-state index contributed by atoms with van der Waals surface area (Å²) in [7, 11) is 0. The lowest BCUT2D eigenvalue weighted by atomic mass is 9.91. The number of nitrogens with one attached hydrogen (secondary N) is 1. The number of amides is 1. The first kappa shape index (κ1) is 17.7. The molecule has 3 nitrogen and oxygen atoms in total. The van der Waals surface area contributed by atoms with E-state index in [2.05, 4.69) is 28.7 Å².